The average molecular weight is 450 g/mol. The summed E-state index contributed by atoms with van der Waals surface area (Å²) in [6.07, 6.45) is 5.87. The molecular formula is C23H25Cl2NO4. The van der Waals surface area contributed by atoms with Crippen LogP contribution in [0.3, 0.4) is 0 Å². The van der Waals surface area contributed by atoms with E-state index in [0.717, 1.165) is 12.0 Å². The molecule has 0 aromatic heterocycles. The van der Waals surface area contributed by atoms with Crippen LogP contribution < -0.4 is 14.8 Å². The number of hydrogen-bond donors (Lipinski definition) is 1. The number of hydrogen-bond acceptors (Lipinski definition) is 4. The molecule has 0 spiro atoms. The smallest absolute Gasteiger partial charge is 0.253 e. The van der Waals surface area contributed by atoms with Crippen molar-refractivity contribution in [2.75, 3.05) is 26.9 Å². The summed E-state index contributed by atoms with van der Waals surface area (Å²) in [5, 5.41) is 3.73. The lowest BCUT2D eigenvalue weighted by molar-refractivity contribution is -0.133. The zero-order valence-electron chi connectivity index (χ0n) is 17.0. The average Bonchev–Trinajstić information content (AvgIpc) is 2.75. The highest BCUT2D eigenvalue weighted by Crippen LogP contribution is 2.29. The van der Waals surface area contributed by atoms with Crippen LogP contribution in [0.2, 0.25) is 10.0 Å². The summed E-state index contributed by atoms with van der Waals surface area (Å²) in [6.45, 7) is 3.03. The van der Waals surface area contributed by atoms with Gasteiger partial charge in [0, 0.05) is 13.2 Å². The van der Waals surface area contributed by atoms with Gasteiger partial charge in [0.05, 0.1) is 17.2 Å². The summed E-state index contributed by atoms with van der Waals surface area (Å²) < 4.78 is 16.6. The minimum atomic E-state index is -0.756. The highest BCUT2D eigenvalue weighted by molar-refractivity contribution is 6.42. The molecule has 5 nitrogen and oxygen atoms in total. The molecule has 2 aromatic carbocycles. The Kier molecular flexibility index (Phi) is 9.82. The van der Waals surface area contributed by atoms with E-state index in [1.165, 1.54) is 0 Å². The van der Waals surface area contributed by atoms with E-state index in [2.05, 4.69) is 11.2 Å². The van der Waals surface area contributed by atoms with Gasteiger partial charge in [-0.2, -0.15) is 0 Å². The Hall–Kier alpha value is -2.39. The van der Waals surface area contributed by atoms with Crippen LogP contribution in [-0.4, -0.2) is 32.8 Å². The van der Waals surface area contributed by atoms with Crippen molar-refractivity contribution in [2.24, 2.45) is 0 Å². The van der Waals surface area contributed by atoms with E-state index in [9.17, 15) is 4.79 Å². The van der Waals surface area contributed by atoms with Crippen LogP contribution in [0.25, 0.3) is 0 Å². The fraction of sp³-hybridized carbons (Fsp3) is 0.348. The van der Waals surface area contributed by atoms with Crippen LogP contribution in [0.15, 0.2) is 36.4 Å². The Morgan fingerprint density at radius 1 is 1.17 bits per heavy atom. The van der Waals surface area contributed by atoms with Crippen LogP contribution in [0.5, 0.6) is 11.5 Å². The second-order valence-corrected chi connectivity index (χ2v) is 7.26. The second kappa shape index (κ2) is 12.3. The summed E-state index contributed by atoms with van der Waals surface area (Å²) in [5.74, 6) is 3.36. The Labute approximate surface area is 187 Å². The highest BCUT2D eigenvalue weighted by Gasteiger charge is 2.22. The van der Waals surface area contributed by atoms with Gasteiger partial charge in [-0.15, -0.1) is 6.42 Å². The summed E-state index contributed by atoms with van der Waals surface area (Å²) in [4.78, 5) is 12.8. The minimum absolute atomic E-state index is 0.166. The van der Waals surface area contributed by atoms with E-state index in [0.29, 0.717) is 46.7 Å². The number of benzene rings is 2. The quantitative estimate of drug-likeness (QED) is 0.498. The first kappa shape index (κ1) is 23.9. The van der Waals surface area contributed by atoms with Crippen molar-refractivity contribution < 1.29 is 19.0 Å². The number of methoxy groups -OCH3 is 1. The van der Waals surface area contributed by atoms with Gasteiger partial charge in [-0.1, -0.05) is 48.2 Å². The molecule has 0 radical (unpaired) electrons. The molecular weight excluding hydrogens is 425 g/mol. The monoisotopic (exact) mass is 449 g/mol. The molecule has 2 rings (SSSR count). The van der Waals surface area contributed by atoms with E-state index in [4.69, 9.17) is 43.8 Å². The number of carbonyl (C=O) groups is 1. The van der Waals surface area contributed by atoms with Crippen LogP contribution in [0.1, 0.15) is 30.6 Å². The van der Waals surface area contributed by atoms with Gasteiger partial charge < -0.3 is 19.5 Å². The van der Waals surface area contributed by atoms with Gasteiger partial charge in [0.2, 0.25) is 0 Å². The van der Waals surface area contributed by atoms with Crippen molar-refractivity contribution in [3.05, 3.63) is 57.6 Å². The molecule has 0 bridgehead atoms. The molecule has 0 heterocycles. The summed E-state index contributed by atoms with van der Waals surface area (Å²) in [6, 6.07) is 10.6. The van der Waals surface area contributed by atoms with Gasteiger partial charge in [0.15, 0.2) is 17.6 Å². The fourth-order valence-corrected chi connectivity index (χ4v) is 3.07. The number of nitrogens with one attached hydrogen (secondary N) is 1. The highest BCUT2D eigenvalue weighted by atomic mass is 35.5. The molecule has 0 saturated carbocycles. The maximum Gasteiger partial charge on any atom is 0.253 e. The van der Waals surface area contributed by atoms with E-state index in [1.54, 1.807) is 31.4 Å². The normalized spacial score (nSPS) is 11.4. The lowest BCUT2D eigenvalue weighted by Crippen LogP contribution is -2.32. The Balaban J connectivity index is 2.01. The topological polar surface area (TPSA) is 56.8 Å². The molecule has 0 aliphatic rings. The van der Waals surface area contributed by atoms with E-state index >= 15 is 0 Å². The van der Waals surface area contributed by atoms with Crippen molar-refractivity contribution in [1.29, 1.82) is 0 Å². The summed E-state index contributed by atoms with van der Waals surface area (Å²) in [7, 11) is 1.57. The minimum Gasteiger partial charge on any atom is -0.493 e. The van der Waals surface area contributed by atoms with Gasteiger partial charge in [0.1, 0.15) is 6.61 Å². The standard InChI is InChI=1S/C23H25Cl2NO4/c1-4-12-29-20-9-6-16(14-21(20)28-3)10-11-26-23(27)22(30-13-5-2)17-7-8-18(24)19(25)15-17/h1,6-9,14-15,22H,5,10-13H2,2-3H3,(H,26,27)/t22-/m0/s1. The van der Waals surface area contributed by atoms with E-state index in [-0.39, 0.29) is 12.5 Å². The zero-order valence-corrected chi connectivity index (χ0v) is 18.6. The molecule has 160 valence electrons. The maximum absolute atomic E-state index is 12.8. The van der Waals surface area contributed by atoms with Crippen molar-refractivity contribution in [3.8, 4) is 23.8 Å². The third kappa shape index (κ3) is 6.84. The fourth-order valence-electron chi connectivity index (χ4n) is 2.76. The Morgan fingerprint density at radius 2 is 1.97 bits per heavy atom. The van der Waals surface area contributed by atoms with Gasteiger partial charge in [-0.3, -0.25) is 4.79 Å². The molecule has 0 aliphatic carbocycles. The predicted octanol–water partition coefficient (Wildman–Crippen LogP) is 4.84. The van der Waals surface area contributed by atoms with Crippen LogP contribution in [-0.2, 0) is 16.0 Å². The predicted molar refractivity (Wildman–Crippen MR) is 119 cm³/mol. The van der Waals surface area contributed by atoms with Crippen molar-refractivity contribution in [1.82, 2.24) is 5.32 Å². The molecule has 1 atom stereocenters. The number of halogens is 2. The zero-order chi connectivity index (χ0) is 21.9. The molecule has 7 heteroatoms. The maximum atomic E-state index is 12.8. The first-order chi connectivity index (χ1) is 14.5. The number of amides is 1. The second-order valence-electron chi connectivity index (χ2n) is 6.44. The Morgan fingerprint density at radius 3 is 2.63 bits per heavy atom. The molecule has 30 heavy (non-hydrogen) atoms. The van der Waals surface area contributed by atoms with Gasteiger partial charge in [-0.05, 0) is 48.2 Å². The van der Waals surface area contributed by atoms with Crippen LogP contribution in [0.4, 0.5) is 0 Å². The molecule has 0 unspecified atom stereocenters. The van der Waals surface area contributed by atoms with E-state index in [1.807, 2.05) is 19.1 Å². The van der Waals surface area contributed by atoms with Crippen molar-refractivity contribution in [2.45, 2.75) is 25.9 Å². The molecule has 0 fully saturated rings. The lowest BCUT2D eigenvalue weighted by atomic mass is 10.1. The number of carbonyl (C=O) groups excluding carboxylic acids is 1. The largest absolute Gasteiger partial charge is 0.493 e. The van der Waals surface area contributed by atoms with Crippen LogP contribution >= 0.6 is 23.2 Å². The van der Waals surface area contributed by atoms with E-state index < -0.39 is 6.10 Å². The third-order valence-electron chi connectivity index (χ3n) is 4.23. The first-order valence-corrected chi connectivity index (χ1v) is 10.3. The number of ether oxygens (including phenoxy) is 3. The Bertz CT molecular complexity index is 895. The number of terminal acetylenes is 1. The molecule has 0 saturated heterocycles. The SMILES string of the molecule is C#CCOc1ccc(CCNC(=O)[C@@H](OCCC)c2ccc(Cl)c(Cl)c2)cc1OC. The van der Waals surface area contributed by atoms with Gasteiger partial charge >= 0.3 is 0 Å². The summed E-state index contributed by atoms with van der Waals surface area (Å²) in [5.41, 5.74) is 1.65. The van der Waals surface area contributed by atoms with Crippen LogP contribution in [0, 0.1) is 12.3 Å². The summed E-state index contributed by atoms with van der Waals surface area (Å²) >= 11 is 12.1. The molecule has 0 aliphatic heterocycles. The molecule has 2 aromatic rings. The third-order valence-corrected chi connectivity index (χ3v) is 4.96. The number of rotatable bonds is 11. The van der Waals surface area contributed by atoms with Crippen molar-refractivity contribution in [3.63, 3.8) is 0 Å². The van der Waals surface area contributed by atoms with Crippen molar-refractivity contribution >= 4 is 29.1 Å². The lowest BCUT2D eigenvalue weighted by Gasteiger charge is -2.18. The molecule has 1 N–H and O–H groups in total. The van der Waals surface area contributed by atoms with Gasteiger partial charge in [0.25, 0.3) is 5.91 Å². The first-order valence-electron chi connectivity index (χ1n) is 9.57. The molecule has 1 amide bonds. The van der Waals surface area contributed by atoms with Gasteiger partial charge in [-0.25, -0.2) is 0 Å².